The van der Waals surface area contributed by atoms with Crippen molar-refractivity contribution < 1.29 is 25.5 Å². The topological polar surface area (TPSA) is 101 Å². The van der Waals surface area contributed by atoms with Gasteiger partial charge in [0.25, 0.3) is 0 Å². The molecule has 1 aliphatic carbocycles. The number of hydrogen-bond acceptors (Lipinski definition) is 5. The van der Waals surface area contributed by atoms with E-state index in [1.807, 2.05) is 0 Å². The third kappa shape index (κ3) is 1.52. The summed E-state index contributed by atoms with van der Waals surface area (Å²) in [6, 6.07) is 0. The molecule has 0 bridgehead atoms. The summed E-state index contributed by atoms with van der Waals surface area (Å²) in [7, 11) is 0. The molecule has 1 fully saturated rings. The zero-order valence-corrected chi connectivity index (χ0v) is 5.83. The van der Waals surface area contributed by atoms with Gasteiger partial charge in [-0.25, -0.2) is 0 Å². The van der Waals surface area contributed by atoms with Crippen LogP contribution in [0.4, 0.5) is 0 Å². The van der Waals surface area contributed by atoms with Crippen molar-refractivity contribution in [2.24, 2.45) is 0 Å². The maximum absolute atomic E-state index is 8.97. The summed E-state index contributed by atoms with van der Waals surface area (Å²) in [6.07, 6.45) is -6.64. The van der Waals surface area contributed by atoms with Crippen molar-refractivity contribution >= 4 is 0 Å². The minimum atomic E-state index is -1.46. The van der Waals surface area contributed by atoms with Gasteiger partial charge < -0.3 is 25.5 Å². The highest BCUT2D eigenvalue weighted by molar-refractivity contribution is 4.92. The van der Waals surface area contributed by atoms with Crippen LogP contribution < -0.4 is 0 Å². The largest absolute Gasteiger partial charge is 0.390 e. The Morgan fingerprint density at radius 3 is 1.36 bits per heavy atom. The Morgan fingerprint density at radius 1 is 0.636 bits per heavy atom. The van der Waals surface area contributed by atoms with E-state index in [1.54, 1.807) is 0 Å². The minimum Gasteiger partial charge on any atom is -0.390 e. The molecule has 11 heavy (non-hydrogen) atoms. The molecular formula is C6H12O5. The van der Waals surface area contributed by atoms with E-state index in [0.29, 0.717) is 0 Å². The Hall–Kier alpha value is -0.200. The monoisotopic (exact) mass is 164 g/mol. The summed E-state index contributed by atoms with van der Waals surface area (Å²) in [6.45, 7) is 0. The van der Waals surface area contributed by atoms with E-state index in [2.05, 4.69) is 0 Å². The van der Waals surface area contributed by atoms with E-state index < -0.39 is 30.5 Å². The van der Waals surface area contributed by atoms with E-state index >= 15 is 0 Å². The van der Waals surface area contributed by atoms with Crippen molar-refractivity contribution in [2.75, 3.05) is 0 Å². The van der Waals surface area contributed by atoms with Gasteiger partial charge in [0, 0.05) is 6.42 Å². The first-order valence-electron chi connectivity index (χ1n) is 3.44. The van der Waals surface area contributed by atoms with E-state index in [0.717, 1.165) is 0 Å². The molecule has 0 aromatic rings. The van der Waals surface area contributed by atoms with Crippen LogP contribution in [0.1, 0.15) is 6.42 Å². The zero-order valence-electron chi connectivity index (χ0n) is 5.83. The molecule has 0 saturated heterocycles. The molecule has 5 N–H and O–H groups in total. The Labute approximate surface area is 63.5 Å². The molecule has 1 rings (SSSR count). The van der Waals surface area contributed by atoms with Crippen LogP contribution in [0.3, 0.4) is 0 Å². The van der Waals surface area contributed by atoms with Crippen LogP contribution >= 0.6 is 0 Å². The predicted molar refractivity (Wildman–Crippen MR) is 34.7 cm³/mol. The lowest BCUT2D eigenvalue weighted by atomic mass is 9.87. The van der Waals surface area contributed by atoms with E-state index in [-0.39, 0.29) is 6.42 Å². The molecule has 0 aliphatic heterocycles. The number of hydrogen-bond donors (Lipinski definition) is 5. The average molecular weight is 164 g/mol. The standard InChI is InChI=1S/C6H12O5/c7-2-1-3(8)5(10)6(11)4(2)9/h2-11H,1H2/t2-,3-,4+,5+/m0/s1. The molecule has 0 amide bonds. The summed E-state index contributed by atoms with van der Waals surface area (Å²) >= 11 is 0. The number of aliphatic hydroxyl groups is 5. The molecule has 0 heterocycles. The third-order valence-corrected chi connectivity index (χ3v) is 1.97. The molecule has 5 nitrogen and oxygen atoms in total. The summed E-state index contributed by atoms with van der Waals surface area (Å²) < 4.78 is 0. The maximum Gasteiger partial charge on any atom is 0.111 e. The summed E-state index contributed by atoms with van der Waals surface area (Å²) in [5.74, 6) is 0. The third-order valence-electron chi connectivity index (χ3n) is 1.97. The molecule has 0 radical (unpaired) electrons. The average Bonchev–Trinajstić information content (AvgIpc) is 1.97. The fourth-order valence-electron chi connectivity index (χ4n) is 1.18. The van der Waals surface area contributed by atoms with Crippen molar-refractivity contribution in [3.05, 3.63) is 0 Å². The van der Waals surface area contributed by atoms with Crippen molar-refractivity contribution in [3.8, 4) is 0 Å². The second kappa shape index (κ2) is 3.04. The molecule has 0 aromatic heterocycles. The fraction of sp³-hybridized carbons (Fsp3) is 1.00. The van der Waals surface area contributed by atoms with Gasteiger partial charge in [-0.15, -0.1) is 0 Å². The van der Waals surface area contributed by atoms with Crippen LogP contribution in [0.5, 0.6) is 0 Å². The lowest BCUT2D eigenvalue weighted by Gasteiger charge is -2.35. The highest BCUT2D eigenvalue weighted by Crippen LogP contribution is 2.20. The molecular weight excluding hydrogens is 152 g/mol. The van der Waals surface area contributed by atoms with Crippen molar-refractivity contribution in [3.63, 3.8) is 0 Å². The van der Waals surface area contributed by atoms with Gasteiger partial charge >= 0.3 is 0 Å². The van der Waals surface area contributed by atoms with Crippen LogP contribution in [0.15, 0.2) is 0 Å². The maximum atomic E-state index is 8.97. The summed E-state index contributed by atoms with van der Waals surface area (Å²) in [4.78, 5) is 0. The second-order valence-electron chi connectivity index (χ2n) is 2.84. The van der Waals surface area contributed by atoms with Crippen LogP contribution in [0.2, 0.25) is 0 Å². The SMILES string of the molecule is OC1[C@H](O)[C@@H](O)C[C@H](O)[C@H]1O. The summed E-state index contributed by atoms with van der Waals surface area (Å²) in [5.41, 5.74) is 0. The Bertz CT molecular complexity index is 125. The van der Waals surface area contributed by atoms with Gasteiger partial charge in [-0.3, -0.25) is 0 Å². The van der Waals surface area contributed by atoms with Crippen LogP contribution in [0.25, 0.3) is 0 Å². The molecule has 5 heteroatoms. The molecule has 0 unspecified atom stereocenters. The van der Waals surface area contributed by atoms with Crippen molar-refractivity contribution in [1.82, 2.24) is 0 Å². The Kier molecular flexibility index (Phi) is 2.46. The van der Waals surface area contributed by atoms with Gasteiger partial charge in [0.05, 0.1) is 12.2 Å². The van der Waals surface area contributed by atoms with Crippen LogP contribution in [-0.2, 0) is 0 Å². The van der Waals surface area contributed by atoms with E-state index in [1.165, 1.54) is 0 Å². The van der Waals surface area contributed by atoms with Crippen molar-refractivity contribution in [2.45, 2.75) is 36.9 Å². The summed E-state index contributed by atoms with van der Waals surface area (Å²) in [5, 5.41) is 44.8. The quantitative estimate of drug-likeness (QED) is 0.266. The first-order chi connectivity index (χ1) is 5.04. The molecule has 4 atom stereocenters. The first-order valence-corrected chi connectivity index (χ1v) is 3.44. The predicted octanol–water partition coefficient (Wildman–Crippen LogP) is -2.81. The molecule has 1 saturated carbocycles. The van der Waals surface area contributed by atoms with Crippen molar-refractivity contribution in [1.29, 1.82) is 0 Å². The second-order valence-corrected chi connectivity index (χ2v) is 2.84. The van der Waals surface area contributed by atoms with Gasteiger partial charge in [0.1, 0.15) is 18.3 Å². The van der Waals surface area contributed by atoms with Gasteiger partial charge in [-0.1, -0.05) is 0 Å². The molecule has 0 spiro atoms. The van der Waals surface area contributed by atoms with Gasteiger partial charge in [-0.2, -0.15) is 0 Å². The Balaban J connectivity index is 2.63. The number of rotatable bonds is 0. The molecule has 66 valence electrons. The molecule has 0 aromatic carbocycles. The lowest BCUT2D eigenvalue weighted by molar-refractivity contribution is -0.176. The number of aliphatic hydroxyl groups excluding tert-OH is 5. The fourth-order valence-corrected chi connectivity index (χ4v) is 1.18. The highest BCUT2D eigenvalue weighted by atomic mass is 16.4. The van der Waals surface area contributed by atoms with Crippen LogP contribution in [-0.4, -0.2) is 56.1 Å². The van der Waals surface area contributed by atoms with Gasteiger partial charge in [0.15, 0.2) is 0 Å². The Morgan fingerprint density at radius 2 is 1.00 bits per heavy atom. The van der Waals surface area contributed by atoms with E-state index in [9.17, 15) is 0 Å². The van der Waals surface area contributed by atoms with Crippen LogP contribution in [0, 0.1) is 0 Å². The van der Waals surface area contributed by atoms with E-state index in [4.69, 9.17) is 25.5 Å². The first kappa shape index (κ1) is 8.89. The minimum absolute atomic E-state index is 0.112. The van der Waals surface area contributed by atoms with Gasteiger partial charge in [-0.05, 0) is 0 Å². The molecule has 1 aliphatic rings. The van der Waals surface area contributed by atoms with Gasteiger partial charge in [0.2, 0.25) is 0 Å². The normalized spacial score (nSPS) is 52.6. The highest BCUT2D eigenvalue weighted by Gasteiger charge is 2.40. The lowest BCUT2D eigenvalue weighted by Crippen LogP contribution is -2.55. The zero-order chi connectivity index (χ0) is 8.59. The smallest absolute Gasteiger partial charge is 0.111 e.